The third kappa shape index (κ3) is 10.2. The van der Waals surface area contributed by atoms with Gasteiger partial charge in [-0.15, -0.1) is 0 Å². The summed E-state index contributed by atoms with van der Waals surface area (Å²) in [6, 6.07) is 17.8. The molecule has 0 aliphatic heterocycles. The van der Waals surface area contributed by atoms with Crippen LogP contribution in [0.3, 0.4) is 0 Å². The SMILES string of the molecule is C/C(=C\C=C(/C)c1ccc2ncnc(Nc3ccc(OCc4cccc(F)c4)c(Cl)c3)c2c1)CNCCCCCCC(N)=O. The molecule has 0 bridgehead atoms. The summed E-state index contributed by atoms with van der Waals surface area (Å²) < 4.78 is 19.3. The highest BCUT2D eigenvalue weighted by molar-refractivity contribution is 6.32. The highest BCUT2D eigenvalue weighted by Gasteiger charge is 2.09. The number of benzene rings is 3. The normalized spacial score (nSPS) is 12.0. The van der Waals surface area contributed by atoms with Gasteiger partial charge >= 0.3 is 0 Å². The Hall–Kier alpha value is -4.27. The fourth-order valence-corrected chi connectivity index (χ4v) is 4.87. The molecule has 44 heavy (non-hydrogen) atoms. The van der Waals surface area contributed by atoms with Crippen molar-refractivity contribution < 1.29 is 13.9 Å². The van der Waals surface area contributed by atoms with Crippen molar-refractivity contribution in [1.82, 2.24) is 15.3 Å². The van der Waals surface area contributed by atoms with Crippen LogP contribution in [0.4, 0.5) is 15.9 Å². The zero-order valence-corrected chi connectivity index (χ0v) is 26.0. The summed E-state index contributed by atoms with van der Waals surface area (Å²) in [5.41, 5.74) is 10.9. The number of hydrogen-bond acceptors (Lipinski definition) is 6. The largest absolute Gasteiger partial charge is 0.487 e. The molecular formula is C35H39ClFN5O2. The molecule has 0 unspecified atom stereocenters. The van der Waals surface area contributed by atoms with E-state index in [0.29, 0.717) is 23.0 Å². The van der Waals surface area contributed by atoms with Crippen molar-refractivity contribution in [3.63, 3.8) is 0 Å². The second-order valence-electron chi connectivity index (χ2n) is 10.8. The molecule has 4 N–H and O–H groups in total. The molecule has 3 aromatic carbocycles. The maximum absolute atomic E-state index is 13.5. The zero-order valence-electron chi connectivity index (χ0n) is 25.2. The summed E-state index contributed by atoms with van der Waals surface area (Å²) in [5.74, 6) is 0.646. The van der Waals surface area contributed by atoms with Gasteiger partial charge in [0.1, 0.15) is 30.3 Å². The molecule has 0 fully saturated rings. The first-order valence-electron chi connectivity index (χ1n) is 14.8. The quantitative estimate of drug-likeness (QED) is 0.0869. The third-order valence-electron chi connectivity index (χ3n) is 7.12. The van der Waals surface area contributed by atoms with Crippen LogP contribution in [0.1, 0.15) is 57.1 Å². The van der Waals surface area contributed by atoms with Gasteiger partial charge in [0.05, 0.1) is 10.5 Å². The Bertz CT molecular complexity index is 1640. The van der Waals surface area contributed by atoms with Crippen LogP contribution in [-0.2, 0) is 11.4 Å². The number of anilines is 2. The van der Waals surface area contributed by atoms with Gasteiger partial charge in [-0.05, 0) is 92.4 Å². The topological polar surface area (TPSA) is 102 Å². The van der Waals surface area contributed by atoms with E-state index in [2.05, 4.69) is 58.7 Å². The van der Waals surface area contributed by atoms with E-state index >= 15 is 0 Å². The Morgan fingerprint density at radius 1 is 1.00 bits per heavy atom. The molecule has 1 heterocycles. The Morgan fingerprint density at radius 2 is 1.84 bits per heavy atom. The van der Waals surface area contributed by atoms with Crippen molar-refractivity contribution in [1.29, 1.82) is 0 Å². The fourth-order valence-electron chi connectivity index (χ4n) is 4.63. The number of ether oxygens (including phenoxy) is 1. The van der Waals surface area contributed by atoms with E-state index in [9.17, 15) is 9.18 Å². The number of carbonyl (C=O) groups is 1. The Labute approximate surface area is 263 Å². The summed E-state index contributed by atoms with van der Waals surface area (Å²) in [5, 5.41) is 8.16. The second kappa shape index (κ2) is 16.5. The number of fused-ring (bicyclic) bond motifs is 1. The van der Waals surface area contributed by atoms with Crippen LogP contribution in [0.2, 0.25) is 5.02 Å². The lowest BCUT2D eigenvalue weighted by Gasteiger charge is -2.12. The van der Waals surface area contributed by atoms with Crippen molar-refractivity contribution in [2.75, 3.05) is 18.4 Å². The average Bonchev–Trinajstić information content (AvgIpc) is 3.00. The smallest absolute Gasteiger partial charge is 0.217 e. The number of amides is 1. The predicted molar refractivity (Wildman–Crippen MR) is 178 cm³/mol. The summed E-state index contributed by atoms with van der Waals surface area (Å²) >= 11 is 6.51. The molecular weight excluding hydrogens is 577 g/mol. The van der Waals surface area contributed by atoms with Crippen LogP contribution < -0.4 is 21.1 Å². The van der Waals surface area contributed by atoms with E-state index in [1.54, 1.807) is 24.3 Å². The van der Waals surface area contributed by atoms with E-state index < -0.39 is 0 Å². The molecule has 0 radical (unpaired) electrons. The van der Waals surface area contributed by atoms with Crippen molar-refractivity contribution in [3.05, 3.63) is 107 Å². The van der Waals surface area contributed by atoms with Gasteiger partial charge in [0.2, 0.25) is 5.91 Å². The van der Waals surface area contributed by atoms with Crippen LogP contribution in [0.25, 0.3) is 16.5 Å². The molecule has 4 aromatic rings. The van der Waals surface area contributed by atoms with Gasteiger partial charge in [-0.3, -0.25) is 4.79 Å². The molecule has 0 aliphatic carbocycles. The maximum atomic E-state index is 13.5. The minimum atomic E-state index is -0.305. The van der Waals surface area contributed by atoms with Gasteiger partial charge in [0, 0.05) is 24.0 Å². The molecule has 0 saturated heterocycles. The highest BCUT2D eigenvalue weighted by atomic mass is 35.5. The second-order valence-corrected chi connectivity index (χ2v) is 11.2. The molecule has 4 rings (SSSR count). The zero-order chi connectivity index (χ0) is 31.3. The van der Waals surface area contributed by atoms with Gasteiger partial charge < -0.3 is 21.1 Å². The molecule has 0 saturated carbocycles. The highest BCUT2D eigenvalue weighted by Crippen LogP contribution is 2.32. The van der Waals surface area contributed by atoms with E-state index in [4.69, 9.17) is 22.1 Å². The number of unbranched alkanes of at least 4 members (excludes halogenated alkanes) is 3. The minimum absolute atomic E-state index is 0.211. The number of halogens is 2. The third-order valence-corrected chi connectivity index (χ3v) is 7.41. The van der Waals surface area contributed by atoms with Gasteiger partial charge in [0.15, 0.2) is 0 Å². The van der Waals surface area contributed by atoms with Crippen LogP contribution in [0.5, 0.6) is 5.75 Å². The minimum Gasteiger partial charge on any atom is -0.487 e. The van der Waals surface area contributed by atoms with E-state index in [-0.39, 0.29) is 18.3 Å². The lowest BCUT2D eigenvalue weighted by molar-refractivity contribution is -0.118. The number of nitrogens with two attached hydrogens (primary N) is 1. The molecule has 9 heteroatoms. The number of nitrogens with zero attached hydrogens (tertiary/aromatic N) is 2. The lowest BCUT2D eigenvalue weighted by atomic mass is 10.0. The molecule has 0 atom stereocenters. The molecule has 1 aromatic heterocycles. The first-order chi connectivity index (χ1) is 21.3. The number of allylic oxidation sites excluding steroid dienone is 3. The molecule has 0 spiro atoms. The van der Waals surface area contributed by atoms with Crippen molar-refractivity contribution in [3.8, 4) is 5.75 Å². The predicted octanol–water partition coefficient (Wildman–Crippen LogP) is 8.12. The molecule has 7 nitrogen and oxygen atoms in total. The molecule has 230 valence electrons. The summed E-state index contributed by atoms with van der Waals surface area (Å²) in [4.78, 5) is 19.7. The van der Waals surface area contributed by atoms with Gasteiger partial charge in [0.25, 0.3) is 0 Å². The molecule has 1 amide bonds. The van der Waals surface area contributed by atoms with E-state index in [1.807, 2.05) is 12.1 Å². The van der Waals surface area contributed by atoms with Gasteiger partial charge in [-0.1, -0.05) is 60.4 Å². The van der Waals surface area contributed by atoms with Crippen LogP contribution in [-0.4, -0.2) is 29.0 Å². The lowest BCUT2D eigenvalue weighted by Crippen LogP contribution is -2.17. The number of rotatable bonds is 16. The van der Waals surface area contributed by atoms with Gasteiger partial charge in [-0.2, -0.15) is 0 Å². The average molecular weight is 616 g/mol. The number of primary amides is 1. The van der Waals surface area contributed by atoms with Crippen molar-refractivity contribution in [2.24, 2.45) is 5.73 Å². The Balaban J connectivity index is 1.36. The maximum Gasteiger partial charge on any atom is 0.217 e. The summed E-state index contributed by atoms with van der Waals surface area (Å²) in [7, 11) is 0. The molecule has 0 aliphatic rings. The fraction of sp³-hybridized carbons (Fsp3) is 0.286. The summed E-state index contributed by atoms with van der Waals surface area (Å²) in [6.45, 7) is 6.18. The summed E-state index contributed by atoms with van der Waals surface area (Å²) in [6.07, 6.45) is 10.3. The number of nitrogens with one attached hydrogen (secondary N) is 2. The van der Waals surface area contributed by atoms with Crippen molar-refractivity contribution >= 4 is 45.5 Å². The van der Waals surface area contributed by atoms with Crippen LogP contribution in [0.15, 0.2) is 84.7 Å². The first-order valence-corrected chi connectivity index (χ1v) is 15.2. The number of hydrogen-bond donors (Lipinski definition) is 3. The first kappa shape index (κ1) is 32.6. The van der Waals surface area contributed by atoms with E-state index in [0.717, 1.165) is 72.1 Å². The number of carbonyl (C=O) groups excluding carboxylic acids is 1. The van der Waals surface area contributed by atoms with Crippen LogP contribution >= 0.6 is 11.6 Å². The number of aromatic nitrogens is 2. The Morgan fingerprint density at radius 3 is 2.64 bits per heavy atom. The standard InChI is InChI=1S/C35H39ClFN5O2/c1-24(21-39-17-6-4-3-5-10-34(38)43)11-12-25(2)27-13-15-32-30(19-27)35(41-23-40-32)42-29-14-16-33(31(36)20-29)44-22-26-8-7-9-28(37)18-26/h7-9,11-16,18-20,23,39H,3-6,10,17,21-22H2,1-2H3,(H2,38,43)(H,40,41,42)/b24-11+,25-12+. The van der Waals surface area contributed by atoms with Gasteiger partial charge in [-0.25, -0.2) is 14.4 Å². The van der Waals surface area contributed by atoms with E-state index in [1.165, 1.54) is 24.0 Å². The monoisotopic (exact) mass is 615 g/mol. The Kier molecular flexibility index (Phi) is 12.3. The van der Waals surface area contributed by atoms with Crippen LogP contribution in [0, 0.1) is 5.82 Å². The van der Waals surface area contributed by atoms with Crippen molar-refractivity contribution in [2.45, 2.75) is 52.6 Å².